The second-order valence-corrected chi connectivity index (χ2v) is 4.53. The van der Waals surface area contributed by atoms with Gasteiger partial charge in [-0.1, -0.05) is 28.1 Å². The van der Waals surface area contributed by atoms with E-state index in [1.54, 1.807) is 4.52 Å². The van der Waals surface area contributed by atoms with Gasteiger partial charge < -0.3 is 0 Å². The van der Waals surface area contributed by atoms with E-state index in [1.807, 2.05) is 24.3 Å². The van der Waals surface area contributed by atoms with Crippen molar-refractivity contribution in [3.8, 4) is 17.3 Å². The molecule has 3 rings (SSSR count). The van der Waals surface area contributed by atoms with Gasteiger partial charge in [-0.05, 0) is 12.1 Å². The van der Waals surface area contributed by atoms with Gasteiger partial charge in [-0.2, -0.15) is 19.9 Å². The molecule has 2 heterocycles. The quantitative estimate of drug-likeness (QED) is 0.692. The molecule has 0 amide bonds. The summed E-state index contributed by atoms with van der Waals surface area (Å²) in [5, 5.41) is 13.3. The number of nitrogens with zero attached hydrogens (tertiary/aromatic N) is 5. The second kappa shape index (κ2) is 4.20. The minimum atomic E-state index is 0.468. The monoisotopic (exact) mass is 299 g/mol. The lowest BCUT2D eigenvalue weighted by molar-refractivity contribution is 0.943. The molecule has 18 heavy (non-hydrogen) atoms. The van der Waals surface area contributed by atoms with Gasteiger partial charge in [0, 0.05) is 10.0 Å². The number of benzene rings is 1. The highest BCUT2D eigenvalue weighted by atomic mass is 79.9. The Labute approximate surface area is 111 Å². The van der Waals surface area contributed by atoms with Gasteiger partial charge in [-0.15, -0.1) is 0 Å². The molecule has 3 aromatic rings. The fourth-order valence-corrected chi connectivity index (χ4v) is 2.01. The average molecular weight is 300 g/mol. The number of nitriles is 1. The normalized spacial score (nSPS) is 10.4. The minimum absolute atomic E-state index is 0.468. The van der Waals surface area contributed by atoms with Gasteiger partial charge in [0.15, 0.2) is 0 Å². The van der Waals surface area contributed by atoms with Crippen LogP contribution in [0.5, 0.6) is 0 Å². The van der Waals surface area contributed by atoms with Crippen molar-refractivity contribution in [1.82, 2.24) is 19.6 Å². The van der Waals surface area contributed by atoms with E-state index in [-0.39, 0.29) is 0 Å². The SMILES string of the molecule is N#Cc1cnc2ncnn2c1-c1ccc(Br)cc1. The maximum absolute atomic E-state index is 9.17. The molecule has 0 saturated carbocycles. The number of fused-ring (bicyclic) bond motifs is 1. The van der Waals surface area contributed by atoms with Crippen molar-refractivity contribution in [2.75, 3.05) is 0 Å². The van der Waals surface area contributed by atoms with Gasteiger partial charge in [0.05, 0.1) is 17.5 Å². The lowest BCUT2D eigenvalue weighted by Crippen LogP contribution is -1.99. The maximum atomic E-state index is 9.17. The van der Waals surface area contributed by atoms with Crippen LogP contribution in [0, 0.1) is 11.3 Å². The lowest BCUT2D eigenvalue weighted by atomic mass is 10.1. The summed E-state index contributed by atoms with van der Waals surface area (Å²) in [6, 6.07) is 9.80. The molecule has 0 N–H and O–H groups in total. The highest BCUT2D eigenvalue weighted by Gasteiger charge is 2.12. The van der Waals surface area contributed by atoms with E-state index in [2.05, 4.69) is 37.1 Å². The van der Waals surface area contributed by atoms with Gasteiger partial charge in [0.1, 0.15) is 12.4 Å². The van der Waals surface area contributed by atoms with Crippen LogP contribution >= 0.6 is 15.9 Å². The third kappa shape index (κ3) is 1.65. The van der Waals surface area contributed by atoms with Gasteiger partial charge >= 0.3 is 0 Å². The molecule has 0 saturated heterocycles. The summed E-state index contributed by atoms with van der Waals surface area (Å²) < 4.78 is 2.55. The van der Waals surface area contributed by atoms with E-state index < -0.39 is 0 Å². The van der Waals surface area contributed by atoms with Crippen molar-refractivity contribution in [3.63, 3.8) is 0 Å². The summed E-state index contributed by atoms with van der Waals surface area (Å²) in [6.45, 7) is 0. The van der Waals surface area contributed by atoms with Crippen LogP contribution < -0.4 is 0 Å². The summed E-state index contributed by atoms with van der Waals surface area (Å²) in [5.41, 5.74) is 2.07. The molecule has 1 aromatic carbocycles. The first kappa shape index (κ1) is 10.9. The molecule has 5 nitrogen and oxygen atoms in total. The van der Waals surface area contributed by atoms with Gasteiger partial charge in [-0.25, -0.2) is 4.98 Å². The summed E-state index contributed by atoms with van der Waals surface area (Å²) in [7, 11) is 0. The smallest absolute Gasteiger partial charge is 0.218 e. The number of rotatable bonds is 1. The molecule has 0 aliphatic heterocycles. The Bertz CT molecular complexity index is 754. The van der Waals surface area contributed by atoms with E-state index in [0.717, 1.165) is 10.0 Å². The highest BCUT2D eigenvalue weighted by molar-refractivity contribution is 9.10. The van der Waals surface area contributed by atoms with Crippen LogP contribution in [0.25, 0.3) is 17.0 Å². The zero-order valence-electron chi connectivity index (χ0n) is 9.08. The van der Waals surface area contributed by atoms with E-state index in [4.69, 9.17) is 0 Å². The first-order valence-corrected chi connectivity index (χ1v) is 5.93. The molecule has 0 unspecified atom stereocenters. The van der Waals surface area contributed by atoms with E-state index >= 15 is 0 Å². The van der Waals surface area contributed by atoms with Crippen molar-refractivity contribution < 1.29 is 0 Å². The van der Waals surface area contributed by atoms with Crippen LogP contribution in [-0.2, 0) is 0 Å². The van der Waals surface area contributed by atoms with Crippen molar-refractivity contribution >= 4 is 21.7 Å². The Morgan fingerprint density at radius 3 is 2.67 bits per heavy atom. The van der Waals surface area contributed by atoms with Crippen LogP contribution in [0.1, 0.15) is 5.56 Å². The molecule has 2 aromatic heterocycles. The molecule has 0 bridgehead atoms. The highest BCUT2D eigenvalue weighted by Crippen LogP contribution is 2.24. The van der Waals surface area contributed by atoms with Crippen LogP contribution in [0.15, 0.2) is 41.3 Å². The topological polar surface area (TPSA) is 66.9 Å². The first-order valence-electron chi connectivity index (χ1n) is 5.14. The van der Waals surface area contributed by atoms with Gasteiger partial charge in [-0.3, -0.25) is 0 Å². The lowest BCUT2D eigenvalue weighted by Gasteiger charge is -2.06. The summed E-state index contributed by atoms with van der Waals surface area (Å²) in [6.07, 6.45) is 2.94. The van der Waals surface area contributed by atoms with Crippen molar-refractivity contribution in [2.45, 2.75) is 0 Å². The Morgan fingerprint density at radius 2 is 1.94 bits per heavy atom. The van der Waals surface area contributed by atoms with E-state index in [9.17, 15) is 5.26 Å². The van der Waals surface area contributed by atoms with Crippen molar-refractivity contribution in [2.24, 2.45) is 0 Å². The molecular weight excluding hydrogens is 294 g/mol. The first-order chi connectivity index (χ1) is 8.79. The minimum Gasteiger partial charge on any atom is -0.218 e. The third-order valence-corrected chi connectivity index (χ3v) is 3.07. The Hall–Kier alpha value is -2.26. The Balaban J connectivity index is 2.35. The molecular formula is C12H6BrN5. The molecule has 86 valence electrons. The molecule has 0 atom stereocenters. The standard InChI is InChI=1S/C12H6BrN5/c13-10-3-1-8(2-4-10)11-9(5-14)6-15-12-16-7-17-18(11)12/h1-4,6-7H. The predicted molar refractivity (Wildman–Crippen MR) is 68.6 cm³/mol. The number of hydrogen-bond acceptors (Lipinski definition) is 4. The third-order valence-electron chi connectivity index (χ3n) is 2.54. The predicted octanol–water partition coefficient (Wildman–Crippen LogP) is 2.43. The Kier molecular flexibility index (Phi) is 2.54. The summed E-state index contributed by atoms with van der Waals surface area (Å²) >= 11 is 3.38. The van der Waals surface area contributed by atoms with Crippen molar-refractivity contribution in [1.29, 1.82) is 5.26 Å². The largest absolute Gasteiger partial charge is 0.252 e. The van der Waals surface area contributed by atoms with Gasteiger partial charge in [0.2, 0.25) is 0 Å². The van der Waals surface area contributed by atoms with Crippen molar-refractivity contribution in [3.05, 3.63) is 46.8 Å². The second-order valence-electron chi connectivity index (χ2n) is 3.61. The zero-order valence-corrected chi connectivity index (χ0v) is 10.7. The Morgan fingerprint density at radius 1 is 1.17 bits per heavy atom. The van der Waals surface area contributed by atoms with Crippen LogP contribution in [-0.4, -0.2) is 19.6 Å². The van der Waals surface area contributed by atoms with Crippen LogP contribution in [0.2, 0.25) is 0 Å². The molecule has 0 fully saturated rings. The summed E-state index contributed by atoms with van der Waals surface area (Å²) in [4.78, 5) is 8.09. The summed E-state index contributed by atoms with van der Waals surface area (Å²) in [5.74, 6) is 0.479. The molecule has 6 heteroatoms. The van der Waals surface area contributed by atoms with Crippen LogP contribution in [0.3, 0.4) is 0 Å². The maximum Gasteiger partial charge on any atom is 0.252 e. The van der Waals surface area contributed by atoms with Crippen LogP contribution in [0.4, 0.5) is 0 Å². The molecule has 0 spiro atoms. The average Bonchev–Trinajstić information content (AvgIpc) is 2.87. The fourth-order valence-electron chi connectivity index (χ4n) is 1.75. The number of hydrogen-bond donors (Lipinski definition) is 0. The number of halogens is 1. The molecule has 0 aliphatic carbocycles. The van der Waals surface area contributed by atoms with E-state index in [0.29, 0.717) is 17.0 Å². The van der Waals surface area contributed by atoms with E-state index in [1.165, 1.54) is 12.5 Å². The fraction of sp³-hybridized carbons (Fsp3) is 0. The molecule has 0 aliphatic rings. The zero-order chi connectivity index (χ0) is 12.5. The molecule has 0 radical (unpaired) electrons. The van der Waals surface area contributed by atoms with Gasteiger partial charge in [0.25, 0.3) is 5.78 Å². The number of aromatic nitrogens is 4.